The molecule has 4 nitrogen and oxygen atoms in total. The standard InChI is InChI=1S/C30H61NO3SSi/c1-5-9-11-13-14-15-16-17-18-19-20-21-22-23-25-28(30(34-36,32-7-3)33-8-4)29(35-27-31)26-24-12-10-6-2/h28-29H,5-26H2,1-4,36H3. The van der Waals surface area contributed by atoms with Crippen molar-refractivity contribution in [1.82, 2.24) is 0 Å². The molecule has 0 rings (SSSR count). The Labute approximate surface area is 232 Å². The van der Waals surface area contributed by atoms with Crippen LogP contribution in [-0.4, -0.2) is 34.9 Å². The van der Waals surface area contributed by atoms with Gasteiger partial charge in [0.15, 0.2) is 10.5 Å². The third-order valence-corrected chi connectivity index (χ3v) is 8.83. The van der Waals surface area contributed by atoms with Gasteiger partial charge in [-0.1, -0.05) is 129 Å². The number of nitriles is 1. The molecule has 36 heavy (non-hydrogen) atoms. The maximum absolute atomic E-state index is 9.58. The summed E-state index contributed by atoms with van der Waals surface area (Å²) in [4.78, 5) is 0. The number of thiocyanates is 1. The van der Waals surface area contributed by atoms with E-state index in [0.29, 0.717) is 23.7 Å². The van der Waals surface area contributed by atoms with Crippen LogP contribution in [0.15, 0.2) is 0 Å². The van der Waals surface area contributed by atoms with Gasteiger partial charge in [0.2, 0.25) is 0 Å². The van der Waals surface area contributed by atoms with Crippen LogP contribution in [-0.2, 0) is 13.9 Å². The highest BCUT2D eigenvalue weighted by Crippen LogP contribution is 2.39. The number of rotatable bonds is 28. The topological polar surface area (TPSA) is 51.5 Å². The van der Waals surface area contributed by atoms with Crippen molar-refractivity contribution in [2.24, 2.45) is 5.92 Å². The summed E-state index contributed by atoms with van der Waals surface area (Å²) in [6, 6.07) is 0. The van der Waals surface area contributed by atoms with Crippen LogP contribution in [0, 0.1) is 16.6 Å². The van der Waals surface area contributed by atoms with Gasteiger partial charge in [0.05, 0.1) is 5.92 Å². The molecular weight excluding hydrogens is 482 g/mol. The van der Waals surface area contributed by atoms with Gasteiger partial charge in [-0.15, -0.1) is 0 Å². The van der Waals surface area contributed by atoms with Crippen molar-refractivity contribution in [3.63, 3.8) is 0 Å². The zero-order valence-corrected chi connectivity index (χ0v) is 27.6. The Kier molecular flexibility index (Phi) is 26.5. The van der Waals surface area contributed by atoms with Gasteiger partial charge in [-0.2, -0.15) is 5.26 Å². The minimum Gasteiger partial charge on any atom is -0.380 e. The van der Waals surface area contributed by atoms with Crippen molar-refractivity contribution in [2.75, 3.05) is 13.2 Å². The van der Waals surface area contributed by atoms with Crippen LogP contribution in [0.4, 0.5) is 0 Å². The molecule has 0 fully saturated rings. The number of thioether (sulfide) groups is 1. The Morgan fingerprint density at radius 2 is 1.03 bits per heavy atom. The molecule has 0 saturated carbocycles. The van der Waals surface area contributed by atoms with Crippen molar-refractivity contribution >= 4 is 22.2 Å². The molecule has 0 aliphatic rings. The van der Waals surface area contributed by atoms with E-state index in [1.54, 1.807) is 0 Å². The largest absolute Gasteiger partial charge is 0.380 e. The Balaban J connectivity index is 4.58. The molecule has 0 N–H and O–H groups in total. The van der Waals surface area contributed by atoms with Gasteiger partial charge in [-0.3, -0.25) is 0 Å². The van der Waals surface area contributed by atoms with Crippen LogP contribution in [0.3, 0.4) is 0 Å². The lowest BCUT2D eigenvalue weighted by molar-refractivity contribution is -0.368. The first-order chi connectivity index (χ1) is 17.7. The summed E-state index contributed by atoms with van der Waals surface area (Å²) in [5.74, 6) is -0.913. The summed E-state index contributed by atoms with van der Waals surface area (Å²) >= 11 is 1.40. The maximum atomic E-state index is 9.58. The molecular formula is C30H61NO3SSi. The number of hydrogen-bond donors (Lipinski definition) is 0. The molecule has 0 bridgehead atoms. The fourth-order valence-corrected chi connectivity index (χ4v) is 6.68. The van der Waals surface area contributed by atoms with Gasteiger partial charge < -0.3 is 13.9 Å². The molecule has 0 spiro atoms. The molecule has 0 aromatic heterocycles. The number of hydrogen-bond acceptors (Lipinski definition) is 5. The fourth-order valence-electron chi connectivity index (χ4n) is 5.26. The number of unbranched alkanes of at least 4 members (excludes halogenated alkanes) is 16. The van der Waals surface area contributed by atoms with Gasteiger partial charge >= 0.3 is 0 Å². The van der Waals surface area contributed by atoms with Gasteiger partial charge in [-0.25, -0.2) is 0 Å². The van der Waals surface area contributed by atoms with E-state index >= 15 is 0 Å². The third-order valence-electron chi connectivity index (χ3n) is 7.29. The molecule has 0 aromatic rings. The molecule has 0 aliphatic carbocycles. The Morgan fingerprint density at radius 3 is 1.42 bits per heavy atom. The molecule has 0 aromatic carbocycles. The average molecular weight is 544 g/mol. The minimum absolute atomic E-state index is 0.0819. The van der Waals surface area contributed by atoms with Crippen LogP contribution < -0.4 is 0 Å². The van der Waals surface area contributed by atoms with Crippen molar-refractivity contribution in [3.05, 3.63) is 0 Å². The van der Waals surface area contributed by atoms with E-state index in [2.05, 4.69) is 19.2 Å². The molecule has 2 unspecified atom stereocenters. The molecule has 0 heterocycles. The van der Waals surface area contributed by atoms with Crippen molar-refractivity contribution < 1.29 is 13.9 Å². The first kappa shape index (κ1) is 35.9. The van der Waals surface area contributed by atoms with Crippen molar-refractivity contribution in [1.29, 1.82) is 5.26 Å². The monoisotopic (exact) mass is 543 g/mol. The predicted molar refractivity (Wildman–Crippen MR) is 161 cm³/mol. The van der Waals surface area contributed by atoms with Crippen LogP contribution in [0.25, 0.3) is 0 Å². The van der Waals surface area contributed by atoms with E-state index in [0.717, 1.165) is 25.7 Å². The van der Waals surface area contributed by atoms with Gasteiger partial charge in [-0.05, 0) is 38.5 Å². The molecule has 6 heteroatoms. The second kappa shape index (κ2) is 26.5. The molecule has 0 saturated heterocycles. The zero-order valence-electron chi connectivity index (χ0n) is 24.8. The lowest BCUT2D eigenvalue weighted by Crippen LogP contribution is -2.50. The Hall–Kier alpha value is -0.0631. The van der Waals surface area contributed by atoms with E-state index in [4.69, 9.17) is 13.9 Å². The summed E-state index contributed by atoms with van der Waals surface area (Å²) in [6.45, 7) is 9.64. The minimum atomic E-state index is -0.995. The van der Waals surface area contributed by atoms with Gasteiger partial charge in [0.25, 0.3) is 5.97 Å². The number of nitrogens with zero attached hydrogens (tertiary/aromatic N) is 1. The zero-order chi connectivity index (χ0) is 26.7. The molecule has 0 aliphatic heterocycles. The SMILES string of the molecule is CCCCCCCCCCCCCCCCC(C(CCCCCC)SC#N)C(O[SiH3])(OCC)OCC. The highest BCUT2D eigenvalue weighted by atomic mass is 32.2. The molecule has 214 valence electrons. The summed E-state index contributed by atoms with van der Waals surface area (Å²) in [7, 11) is 0.548. The maximum Gasteiger partial charge on any atom is 0.276 e. The van der Waals surface area contributed by atoms with E-state index in [-0.39, 0.29) is 11.2 Å². The lowest BCUT2D eigenvalue weighted by Gasteiger charge is -2.41. The second-order valence-electron chi connectivity index (χ2n) is 10.3. The molecule has 0 radical (unpaired) electrons. The van der Waals surface area contributed by atoms with E-state index in [1.165, 1.54) is 114 Å². The number of ether oxygens (including phenoxy) is 2. The third kappa shape index (κ3) is 17.4. The van der Waals surface area contributed by atoms with Gasteiger partial charge in [0.1, 0.15) is 5.40 Å². The lowest BCUT2D eigenvalue weighted by atomic mass is 9.91. The predicted octanol–water partition coefficient (Wildman–Crippen LogP) is 9.05. The summed E-state index contributed by atoms with van der Waals surface area (Å²) in [5.41, 5.74) is 0. The summed E-state index contributed by atoms with van der Waals surface area (Å²) in [6.07, 6.45) is 25.9. The molecule has 0 amide bonds. The first-order valence-electron chi connectivity index (χ1n) is 15.5. The van der Waals surface area contributed by atoms with Crippen LogP contribution in [0.1, 0.15) is 156 Å². The van der Waals surface area contributed by atoms with Crippen molar-refractivity contribution in [3.8, 4) is 5.40 Å². The average Bonchev–Trinajstić information content (AvgIpc) is 2.88. The van der Waals surface area contributed by atoms with Crippen LogP contribution in [0.2, 0.25) is 0 Å². The summed E-state index contributed by atoms with van der Waals surface area (Å²) < 4.78 is 18.4. The highest BCUT2D eigenvalue weighted by molar-refractivity contribution is 8.04. The van der Waals surface area contributed by atoms with Crippen molar-refractivity contribution in [2.45, 2.75) is 167 Å². The normalized spacial score (nSPS) is 13.6. The van der Waals surface area contributed by atoms with Gasteiger partial charge in [0, 0.05) is 18.5 Å². The first-order valence-corrected chi connectivity index (χ1v) is 17.2. The quantitative estimate of drug-likeness (QED) is 0.0426. The molecule has 2 atom stereocenters. The Morgan fingerprint density at radius 1 is 0.639 bits per heavy atom. The van der Waals surface area contributed by atoms with Crippen LogP contribution in [0.5, 0.6) is 0 Å². The van der Waals surface area contributed by atoms with Crippen LogP contribution >= 0.6 is 11.8 Å². The van der Waals surface area contributed by atoms with E-state index < -0.39 is 5.97 Å². The smallest absolute Gasteiger partial charge is 0.276 e. The van der Waals surface area contributed by atoms with E-state index in [9.17, 15) is 5.26 Å². The fraction of sp³-hybridized carbons (Fsp3) is 0.967. The second-order valence-corrected chi connectivity index (χ2v) is 11.7. The summed E-state index contributed by atoms with van der Waals surface area (Å²) in [5, 5.41) is 12.1. The Bertz CT molecular complexity index is 497. The highest BCUT2D eigenvalue weighted by Gasteiger charge is 2.45. The van der Waals surface area contributed by atoms with E-state index in [1.807, 2.05) is 13.8 Å².